The number of carbonyl (C=O) groups is 2. The molecule has 0 spiro atoms. The number of anilines is 1. The minimum absolute atomic E-state index is 0.0966. The molecule has 0 bridgehead atoms. The minimum Gasteiger partial charge on any atom is -0.355 e. The molecule has 1 atom stereocenters. The van der Waals surface area contributed by atoms with Crippen LogP contribution in [-0.2, 0) is 32.6 Å². The highest BCUT2D eigenvalue weighted by Gasteiger charge is 2.29. The second kappa shape index (κ2) is 13.5. The molecule has 2 amide bonds. The van der Waals surface area contributed by atoms with Crippen molar-refractivity contribution in [3.05, 3.63) is 64.7 Å². The molecule has 0 saturated carbocycles. The quantitative estimate of drug-likeness (QED) is 0.423. The van der Waals surface area contributed by atoms with Crippen LogP contribution in [0.3, 0.4) is 0 Å². The van der Waals surface area contributed by atoms with E-state index in [4.69, 9.17) is 11.6 Å². The fraction of sp³-hybridized carbons (Fsp3) is 0.462. The molecule has 0 heterocycles. The first-order chi connectivity index (χ1) is 16.6. The molecule has 0 aliphatic heterocycles. The van der Waals surface area contributed by atoms with Crippen molar-refractivity contribution in [3.8, 4) is 0 Å². The van der Waals surface area contributed by atoms with Gasteiger partial charge < -0.3 is 10.2 Å². The predicted octanol–water partition coefficient (Wildman–Crippen LogP) is 4.39. The van der Waals surface area contributed by atoms with Gasteiger partial charge in [0, 0.05) is 31.1 Å². The van der Waals surface area contributed by atoms with Gasteiger partial charge in [-0.1, -0.05) is 55.8 Å². The zero-order valence-corrected chi connectivity index (χ0v) is 22.5. The lowest BCUT2D eigenvalue weighted by molar-refractivity contribution is -0.141. The van der Waals surface area contributed by atoms with E-state index in [2.05, 4.69) is 5.32 Å². The van der Waals surface area contributed by atoms with Crippen molar-refractivity contribution < 1.29 is 18.0 Å². The van der Waals surface area contributed by atoms with Gasteiger partial charge in [0.1, 0.15) is 6.04 Å². The van der Waals surface area contributed by atoms with Crippen molar-refractivity contribution in [1.29, 1.82) is 0 Å². The summed E-state index contributed by atoms with van der Waals surface area (Å²) in [5.41, 5.74) is 2.43. The molecular weight excluding hydrogens is 486 g/mol. The standard InChI is InChI=1S/C26H36ClN3O4S/c1-5-20-14-16-22(17-15-20)30(35(4,33)34)18-10-13-25(31)29(24(6-2)26(32)28-7-3)19-21-11-8-9-12-23(21)27/h8-9,11-12,14-17,24H,5-7,10,13,18-19H2,1-4H3,(H,28,32). The molecule has 2 aromatic rings. The zero-order chi connectivity index (χ0) is 26.0. The van der Waals surface area contributed by atoms with Crippen molar-refractivity contribution in [2.24, 2.45) is 0 Å². The Morgan fingerprint density at radius 2 is 1.69 bits per heavy atom. The van der Waals surface area contributed by atoms with E-state index in [0.29, 0.717) is 30.1 Å². The molecule has 0 aromatic heterocycles. The first kappa shape index (κ1) is 28.7. The van der Waals surface area contributed by atoms with E-state index >= 15 is 0 Å². The number of aryl methyl sites for hydroxylation is 1. The smallest absolute Gasteiger partial charge is 0.242 e. The number of sulfonamides is 1. The molecule has 2 rings (SSSR count). The largest absolute Gasteiger partial charge is 0.355 e. The van der Waals surface area contributed by atoms with Crippen molar-refractivity contribution in [1.82, 2.24) is 10.2 Å². The average Bonchev–Trinajstić information content (AvgIpc) is 2.82. The predicted molar refractivity (Wildman–Crippen MR) is 142 cm³/mol. The van der Waals surface area contributed by atoms with Crippen molar-refractivity contribution in [2.45, 2.75) is 59.0 Å². The first-order valence-corrected chi connectivity index (χ1v) is 14.2. The highest BCUT2D eigenvalue weighted by atomic mass is 35.5. The van der Waals surface area contributed by atoms with Crippen LogP contribution >= 0.6 is 11.6 Å². The highest BCUT2D eigenvalue weighted by molar-refractivity contribution is 7.92. The number of amides is 2. The topological polar surface area (TPSA) is 86.8 Å². The number of benzene rings is 2. The second-order valence-corrected chi connectivity index (χ2v) is 10.7. The van der Waals surface area contributed by atoms with Gasteiger partial charge in [0.15, 0.2) is 0 Å². The van der Waals surface area contributed by atoms with Crippen LogP contribution in [0.5, 0.6) is 0 Å². The Balaban J connectivity index is 2.20. The maximum Gasteiger partial charge on any atom is 0.242 e. The zero-order valence-electron chi connectivity index (χ0n) is 21.0. The number of nitrogens with zero attached hydrogens (tertiary/aromatic N) is 2. The van der Waals surface area contributed by atoms with Gasteiger partial charge in [-0.25, -0.2) is 8.42 Å². The summed E-state index contributed by atoms with van der Waals surface area (Å²) in [4.78, 5) is 27.6. The lowest BCUT2D eigenvalue weighted by atomic mass is 10.1. The molecule has 0 fully saturated rings. The summed E-state index contributed by atoms with van der Waals surface area (Å²) < 4.78 is 26.2. The minimum atomic E-state index is -3.52. The molecule has 0 aliphatic rings. The number of rotatable bonds is 13. The monoisotopic (exact) mass is 521 g/mol. The van der Waals surface area contributed by atoms with E-state index in [9.17, 15) is 18.0 Å². The molecule has 0 saturated heterocycles. The Hall–Kier alpha value is -2.58. The Morgan fingerprint density at radius 1 is 1.03 bits per heavy atom. The number of nitrogens with one attached hydrogen (secondary N) is 1. The number of hydrogen-bond donors (Lipinski definition) is 1. The molecule has 2 aromatic carbocycles. The van der Waals surface area contributed by atoms with E-state index in [0.717, 1.165) is 23.8 Å². The lowest BCUT2D eigenvalue weighted by Crippen LogP contribution is -2.49. The van der Waals surface area contributed by atoms with E-state index in [1.165, 1.54) is 4.31 Å². The normalized spacial score (nSPS) is 12.1. The van der Waals surface area contributed by atoms with Gasteiger partial charge in [-0.3, -0.25) is 13.9 Å². The number of likely N-dealkylation sites (N-methyl/N-ethyl adjacent to an activating group) is 1. The van der Waals surface area contributed by atoms with E-state index in [-0.39, 0.29) is 31.3 Å². The first-order valence-electron chi connectivity index (χ1n) is 12.0. The van der Waals surface area contributed by atoms with Crippen molar-refractivity contribution >= 4 is 39.1 Å². The van der Waals surface area contributed by atoms with E-state index in [1.54, 1.807) is 23.1 Å². The Morgan fingerprint density at radius 3 is 2.23 bits per heavy atom. The van der Waals surface area contributed by atoms with Crippen LogP contribution in [0.1, 0.15) is 51.2 Å². The number of hydrogen-bond acceptors (Lipinski definition) is 4. The second-order valence-electron chi connectivity index (χ2n) is 8.39. The summed E-state index contributed by atoms with van der Waals surface area (Å²) in [6.45, 7) is 6.55. The van der Waals surface area contributed by atoms with E-state index in [1.807, 2.05) is 51.1 Å². The van der Waals surface area contributed by atoms with Gasteiger partial charge in [0.2, 0.25) is 21.8 Å². The Bertz CT molecular complexity index is 1090. The summed E-state index contributed by atoms with van der Waals surface area (Å²) in [7, 11) is -3.52. The molecular formula is C26H36ClN3O4S. The van der Waals surface area contributed by atoms with E-state index < -0.39 is 16.1 Å². The maximum absolute atomic E-state index is 13.4. The van der Waals surface area contributed by atoms with Crippen LogP contribution in [0, 0.1) is 0 Å². The fourth-order valence-electron chi connectivity index (χ4n) is 3.92. The van der Waals surface area contributed by atoms with Crippen LogP contribution in [-0.4, -0.2) is 50.5 Å². The van der Waals surface area contributed by atoms with Gasteiger partial charge in [-0.2, -0.15) is 0 Å². The summed E-state index contributed by atoms with van der Waals surface area (Å²) in [5.74, 6) is -0.443. The summed E-state index contributed by atoms with van der Waals surface area (Å²) in [6, 6.07) is 14.0. The van der Waals surface area contributed by atoms with Crippen molar-refractivity contribution in [2.75, 3.05) is 23.7 Å². The van der Waals surface area contributed by atoms with Crippen LogP contribution in [0.15, 0.2) is 48.5 Å². The van der Waals surface area contributed by atoms with Crippen LogP contribution in [0.2, 0.25) is 5.02 Å². The number of carbonyl (C=O) groups excluding carboxylic acids is 2. The van der Waals surface area contributed by atoms with Gasteiger partial charge >= 0.3 is 0 Å². The van der Waals surface area contributed by atoms with Crippen LogP contribution in [0.25, 0.3) is 0 Å². The third-order valence-electron chi connectivity index (χ3n) is 5.82. The molecule has 0 aliphatic carbocycles. The van der Waals surface area contributed by atoms with Gasteiger partial charge in [0.05, 0.1) is 11.9 Å². The maximum atomic E-state index is 13.4. The molecule has 1 N–H and O–H groups in total. The average molecular weight is 522 g/mol. The molecule has 7 nitrogen and oxygen atoms in total. The Kier molecular flexibility index (Phi) is 11.0. The van der Waals surface area contributed by atoms with Gasteiger partial charge in [-0.05, 0) is 55.5 Å². The Labute approximate surface area is 214 Å². The van der Waals surface area contributed by atoms with Crippen LogP contribution in [0.4, 0.5) is 5.69 Å². The molecule has 192 valence electrons. The molecule has 9 heteroatoms. The third-order valence-corrected chi connectivity index (χ3v) is 7.38. The van der Waals surface area contributed by atoms with Crippen LogP contribution < -0.4 is 9.62 Å². The van der Waals surface area contributed by atoms with Gasteiger partial charge in [-0.15, -0.1) is 0 Å². The molecule has 1 unspecified atom stereocenters. The highest BCUT2D eigenvalue weighted by Crippen LogP contribution is 2.22. The third kappa shape index (κ3) is 8.25. The summed E-state index contributed by atoms with van der Waals surface area (Å²) in [5, 5.41) is 3.33. The summed E-state index contributed by atoms with van der Waals surface area (Å²) >= 11 is 6.34. The lowest BCUT2D eigenvalue weighted by Gasteiger charge is -2.31. The fourth-order valence-corrected chi connectivity index (χ4v) is 5.08. The SMILES string of the molecule is CCNC(=O)C(CC)N(Cc1ccccc1Cl)C(=O)CCCN(c1ccc(CC)cc1)S(C)(=O)=O. The molecule has 0 radical (unpaired) electrons. The van der Waals surface area contributed by atoms with Gasteiger partial charge in [0.25, 0.3) is 0 Å². The van der Waals surface area contributed by atoms with Crippen molar-refractivity contribution in [3.63, 3.8) is 0 Å². The summed E-state index contributed by atoms with van der Waals surface area (Å²) in [6.07, 6.45) is 2.88. The number of halogens is 1. The molecule has 35 heavy (non-hydrogen) atoms.